The quantitative estimate of drug-likeness (QED) is 0.194. The summed E-state index contributed by atoms with van der Waals surface area (Å²) in [6.45, 7) is 2.30. The Hall–Kier alpha value is -4.33. The maximum Gasteiger partial charge on any atom is 0.416 e. The Morgan fingerprint density at radius 1 is 0.854 bits per heavy atom. The van der Waals surface area contributed by atoms with Crippen molar-refractivity contribution in [2.24, 2.45) is 0 Å². The Morgan fingerprint density at radius 2 is 1.41 bits per heavy atom. The monoisotopic (exact) mass is 581 g/mol. The standard InChI is InChI=1S/C27H25F6N5O3/c28-26(29,30)19-14-20(27(31,32)33)16-21(15-19)35-25(39)34-17-24(18-4-2-1-3-5-18)37-12-10-36(11-13-37)22-6-8-23(9-7-22)38(40)41/h1-9,14-16,24H,10-13,17H2,(H2,34,35,39). The van der Waals surface area contributed by atoms with Crippen LogP contribution < -0.4 is 15.5 Å². The fourth-order valence-corrected chi connectivity index (χ4v) is 4.60. The fourth-order valence-electron chi connectivity index (χ4n) is 4.60. The second kappa shape index (κ2) is 12.0. The molecule has 41 heavy (non-hydrogen) atoms. The first-order chi connectivity index (χ1) is 19.3. The van der Waals surface area contributed by atoms with Gasteiger partial charge in [-0.15, -0.1) is 0 Å². The van der Waals surface area contributed by atoms with Crippen LogP contribution in [0.15, 0.2) is 72.8 Å². The highest BCUT2D eigenvalue weighted by atomic mass is 19.4. The third kappa shape index (κ3) is 7.66. The highest BCUT2D eigenvalue weighted by Crippen LogP contribution is 2.37. The number of nitrogens with zero attached hydrogens (tertiary/aromatic N) is 3. The molecule has 2 N–H and O–H groups in total. The van der Waals surface area contributed by atoms with Crippen LogP contribution in [0.1, 0.15) is 22.7 Å². The van der Waals surface area contributed by atoms with E-state index in [1.54, 1.807) is 12.1 Å². The summed E-state index contributed by atoms with van der Waals surface area (Å²) in [7, 11) is 0. The van der Waals surface area contributed by atoms with Crippen molar-refractivity contribution < 1.29 is 36.1 Å². The predicted octanol–water partition coefficient (Wildman–Crippen LogP) is 6.32. The maximum absolute atomic E-state index is 13.2. The van der Waals surface area contributed by atoms with Crippen molar-refractivity contribution in [1.29, 1.82) is 0 Å². The lowest BCUT2D eigenvalue weighted by Gasteiger charge is -2.40. The van der Waals surface area contributed by atoms with Gasteiger partial charge < -0.3 is 15.5 Å². The van der Waals surface area contributed by atoms with Crippen molar-refractivity contribution >= 4 is 23.1 Å². The number of urea groups is 1. The smallest absolute Gasteiger partial charge is 0.369 e. The van der Waals surface area contributed by atoms with Crippen LogP contribution in [0.2, 0.25) is 0 Å². The molecule has 1 unspecified atom stereocenters. The van der Waals surface area contributed by atoms with E-state index in [4.69, 9.17) is 0 Å². The minimum absolute atomic E-state index is 0.00908. The Balaban J connectivity index is 1.44. The van der Waals surface area contributed by atoms with Crippen LogP contribution in [0.3, 0.4) is 0 Å². The first-order valence-electron chi connectivity index (χ1n) is 12.4. The number of hydrogen-bond acceptors (Lipinski definition) is 5. The van der Waals surface area contributed by atoms with Gasteiger partial charge in [0.2, 0.25) is 0 Å². The van der Waals surface area contributed by atoms with Crippen molar-refractivity contribution in [2.75, 3.05) is 42.9 Å². The van der Waals surface area contributed by atoms with E-state index in [0.717, 1.165) is 11.3 Å². The number of nitro groups is 1. The van der Waals surface area contributed by atoms with Gasteiger partial charge in [-0.25, -0.2) is 4.79 Å². The zero-order valence-corrected chi connectivity index (χ0v) is 21.4. The normalized spacial score (nSPS) is 15.3. The van der Waals surface area contributed by atoms with E-state index in [9.17, 15) is 41.3 Å². The maximum atomic E-state index is 13.2. The first kappa shape index (κ1) is 29.6. The number of rotatable bonds is 7. The molecule has 1 fully saturated rings. The Bertz CT molecular complexity index is 1330. The van der Waals surface area contributed by atoms with Crippen molar-refractivity contribution in [3.05, 3.63) is 99.6 Å². The molecular weight excluding hydrogens is 556 g/mol. The fraction of sp³-hybridized carbons (Fsp3) is 0.296. The van der Waals surface area contributed by atoms with Crippen LogP contribution in [-0.2, 0) is 12.4 Å². The molecule has 2 amide bonds. The van der Waals surface area contributed by atoms with Crippen molar-refractivity contribution in [2.45, 2.75) is 18.4 Å². The van der Waals surface area contributed by atoms with Crippen LogP contribution in [0.25, 0.3) is 0 Å². The van der Waals surface area contributed by atoms with Crippen molar-refractivity contribution in [1.82, 2.24) is 10.2 Å². The number of non-ortho nitro benzene ring substituents is 1. The molecule has 0 spiro atoms. The number of halogens is 6. The second-order valence-electron chi connectivity index (χ2n) is 9.35. The van der Waals surface area contributed by atoms with E-state index in [0.29, 0.717) is 38.3 Å². The summed E-state index contributed by atoms with van der Waals surface area (Å²) in [4.78, 5) is 27.2. The largest absolute Gasteiger partial charge is 0.416 e. The summed E-state index contributed by atoms with van der Waals surface area (Å²) in [5.74, 6) is 0. The Labute approximate surface area is 230 Å². The van der Waals surface area contributed by atoms with Crippen molar-refractivity contribution in [3.63, 3.8) is 0 Å². The zero-order valence-electron chi connectivity index (χ0n) is 21.4. The Kier molecular flexibility index (Phi) is 8.71. The molecule has 1 saturated heterocycles. The lowest BCUT2D eigenvalue weighted by atomic mass is 10.0. The molecule has 0 saturated carbocycles. The Morgan fingerprint density at radius 3 is 1.93 bits per heavy atom. The number of nitro benzene ring substituents is 1. The van der Waals surface area contributed by atoms with Gasteiger partial charge in [0.05, 0.1) is 22.1 Å². The number of carbonyl (C=O) groups is 1. The molecule has 3 aromatic carbocycles. The lowest BCUT2D eigenvalue weighted by Crippen LogP contribution is -2.50. The van der Waals surface area contributed by atoms with Gasteiger partial charge in [0, 0.05) is 56.2 Å². The summed E-state index contributed by atoms with van der Waals surface area (Å²) in [6.07, 6.45) is -10.1. The van der Waals surface area contributed by atoms with Crippen LogP contribution in [0, 0.1) is 10.1 Å². The SMILES string of the molecule is O=C(NCC(c1ccccc1)N1CCN(c2ccc([N+](=O)[O-])cc2)CC1)Nc1cc(C(F)(F)F)cc(C(F)(F)F)c1. The van der Waals surface area contributed by atoms with E-state index >= 15 is 0 Å². The number of anilines is 2. The minimum atomic E-state index is -5.04. The first-order valence-corrected chi connectivity index (χ1v) is 12.4. The molecule has 0 radical (unpaired) electrons. The van der Waals surface area contributed by atoms with E-state index in [1.165, 1.54) is 12.1 Å². The van der Waals surface area contributed by atoms with Gasteiger partial charge in [0.1, 0.15) is 0 Å². The van der Waals surface area contributed by atoms with E-state index in [1.807, 2.05) is 30.3 Å². The van der Waals surface area contributed by atoms with E-state index < -0.39 is 40.1 Å². The molecule has 4 rings (SSSR count). The predicted molar refractivity (Wildman–Crippen MR) is 140 cm³/mol. The average molecular weight is 582 g/mol. The van der Waals surface area contributed by atoms with E-state index in [-0.39, 0.29) is 24.3 Å². The lowest BCUT2D eigenvalue weighted by molar-refractivity contribution is -0.384. The topological polar surface area (TPSA) is 90.8 Å². The highest BCUT2D eigenvalue weighted by Gasteiger charge is 2.37. The highest BCUT2D eigenvalue weighted by molar-refractivity contribution is 5.89. The van der Waals surface area contributed by atoms with Gasteiger partial charge in [-0.3, -0.25) is 15.0 Å². The zero-order chi connectivity index (χ0) is 29.8. The van der Waals surface area contributed by atoms with Crippen LogP contribution in [0.4, 0.5) is 48.2 Å². The number of piperazine rings is 1. The van der Waals surface area contributed by atoms with Gasteiger partial charge in [-0.2, -0.15) is 26.3 Å². The average Bonchev–Trinajstić information content (AvgIpc) is 2.93. The molecular formula is C27H25F6N5O3. The van der Waals surface area contributed by atoms with Gasteiger partial charge >= 0.3 is 18.4 Å². The molecule has 3 aromatic rings. The number of hydrogen-bond donors (Lipinski definition) is 2. The van der Waals surface area contributed by atoms with Crippen LogP contribution in [0.5, 0.6) is 0 Å². The molecule has 14 heteroatoms. The molecule has 1 atom stereocenters. The molecule has 1 heterocycles. The third-order valence-electron chi connectivity index (χ3n) is 6.67. The van der Waals surface area contributed by atoms with Crippen LogP contribution in [-0.4, -0.2) is 48.6 Å². The number of amides is 2. The van der Waals surface area contributed by atoms with Gasteiger partial charge in [-0.1, -0.05) is 30.3 Å². The van der Waals surface area contributed by atoms with Crippen molar-refractivity contribution in [3.8, 4) is 0 Å². The molecule has 8 nitrogen and oxygen atoms in total. The molecule has 0 aromatic heterocycles. The molecule has 0 aliphatic carbocycles. The van der Waals surface area contributed by atoms with Gasteiger partial charge in [0.15, 0.2) is 0 Å². The summed E-state index contributed by atoms with van der Waals surface area (Å²) >= 11 is 0. The summed E-state index contributed by atoms with van der Waals surface area (Å²) in [5.41, 5.74) is -2.04. The number of nitrogens with one attached hydrogen (secondary N) is 2. The number of alkyl halides is 6. The summed E-state index contributed by atoms with van der Waals surface area (Å²) in [6, 6.07) is 15.0. The number of benzene rings is 3. The van der Waals surface area contributed by atoms with Gasteiger partial charge in [0.25, 0.3) is 5.69 Å². The molecule has 218 valence electrons. The molecule has 1 aliphatic rings. The molecule has 1 aliphatic heterocycles. The summed E-state index contributed by atoms with van der Waals surface area (Å²) < 4.78 is 79.0. The number of carbonyl (C=O) groups excluding carboxylic acids is 1. The van der Waals surface area contributed by atoms with Crippen LogP contribution >= 0.6 is 0 Å². The van der Waals surface area contributed by atoms with Gasteiger partial charge in [-0.05, 0) is 35.9 Å². The summed E-state index contributed by atoms with van der Waals surface area (Å²) in [5, 5.41) is 15.6. The third-order valence-corrected chi connectivity index (χ3v) is 6.67. The van der Waals surface area contributed by atoms with E-state index in [2.05, 4.69) is 20.4 Å². The molecule has 0 bridgehead atoms. The minimum Gasteiger partial charge on any atom is -0.369 e. The second-order valence-corrected chi connectivity index (χ2v) is 9.35.